The van der Waals surface area contributed by atoms with Gasteiger partial charge in [-0.3, -0.25) is 9.55 Å². The van der Waals surface area contributed by atoms with E-state index >= 15 is 0 Å². The van der Waals surface area contributed by atoms with Gasteiger partial charge in [-0.25, -0.2) is 4.98 Å². The maximum absolute atomic E-state index is 11.0. The van der Waals surface area contributed by atoms with E-state index in [4.69, 9.17) is 9.97 Å². The molecule has 7 rings (SSSR count). The Morgan fingerprint density at radius 2 is 1.15 bits per heavy atom. The molecule has 53 heavy (non-hydrogen) atoms. The van der Waals surface area contributed by atoms with Gasteiger partial charge in [0.15, 0.2) is 0 Å². The first-order valence-corrected chi connectivity index (χ1v) is 18.1. The SMILES string of the molecule is CC(C)(C)c1cc(-c2cc(-c3cc(C(C)(C)C)cc(C(C)(C)C)c3)ccn2)[c-]c(-c2cccc3c2nc(-c2ccccc2O)n3-c2ccccc2)c1.[Pt]. The van der Waals surface area contributed by atoms with Crippen molar-refractivity contribution in [2.24, 2.45) is 0 Å². The van der Waals surface area contributed by atoms with Gasteiger partial charge in [0.25, 0.3) is 0 Å². The topological polar surface area (TPSA) is 50.9 Å². The zero-order valence-corrected chi connectivity index (χ0v) is 34.4. The third-order valence-electron chi connectivity index (χ3n) is 9.90. The summed E-state index contributed by atoms with van der Waals surface area (Å²) in [4.78, 5) is 10.2. The molecule has 0 spiro atoms. The zero-order valence-electron chi connectivity index (χ0n) is 32.2. The minimum Gasteiger partial charge on any atom is -0.507 e. The molecule has 0 radical (unpaired) electrons. The largest absolute Gasteiger partial charge is 0.507 e. The maximum Gasteiger partial charge on any atom is 0.148 e. The first-order chi connectivity index (χ1) is 24.6. The van der Waals surface area contributed by atoms with Crippen LogP contribution in [0.25, 0.3) is 61.6 Å². The minimum atomic E-state index is -0.128. The van der Waals surface area contributed by atoms with Gasteiger partial charge in [-0.15, -0.1) is 29.3 Å². The van der Waals surface area contributed by atoms with Crippen molar-refractivity contribution in [2.45, 2.75) is 78.6 Å². The number of nitrogens with zero attached hydrogens (tertiary/aromatic N) is 3. The Bertz CT molecular complexity index is 2390. The van der Waals surface area contributed by atoms with Gasteiger partial charge >= 0.3 is 0 Å². The summed E-state index contributed by atoms with van der Waals surface area (Å²) in [5.41, 5.74) is 13.2. The van der Waals surface area contributed by atoms with Gasteiger partial charge < -0.3 is 5.11 Å². The number of phenols is 1. The normalized spacial score (nSPS) is 12.2. The van der Waals surface area contributed by atoms with Gasteiger partial charge in [0.05, 0.1) is 16.6 Å². The van der Waals surface area contributed by atoms with Crippen molar-refractivity contribution in [3.05, 3.63) is 144 Å². The third kappa shape index (κ3) is 7.66. The molecular weight excluding hydrogens is 830 g/mol. The second kappa shape index (κ2) is 14.2. The molecule has 0 atom stereocenters. The van der Waals surface area contributed by atoms with Gasteiger partial charge in [-0.1, -0.05) is 140 Å². The quantitative estimate of drug-likeness (QED) is 0.175. The summed E-state index contributed by atoms with van der Waals surface area (Å²) in [7, 11) is 0. The number of rotatable bonds is 5. The Kier molecular flexibility index (Phi) is 10.2. The summed E-state index contributed by atoms with van der Waals surface area (Å²) in [6.45, 7) is 20.4. The van der Waals surface area contributed by atoms with Crippen LogP contribution >= 0.6 is 0 Å². The van der Waals surface area contributed by atoms with E-state index in [1.807, 2.05) is 42.6 Å². The summed E-state index contributed by atoms with van der Waals surface area (Å²) in [5.74, 6) is 0.870. The molecule has 0 bridgehead atoms. The van der Waals surface area contributed by atoms with Crippen LogP contribution in [0.3, 0.4) is 0 Å². The van der Waals surface area contributed by atoms with Crippen molar-refractivity contribution >= 4 is 11.0 Å². The molecular formula is C48H48N3OPt-. The van der Waals surface area contributed by atoms with Gasteiger partial charge in [-0.2, -0.15) is 0 Å². The molecule has 5 heteroatoms. The van der Waals surface area contributed by atoms with Gasteiger partial charge in [0.2, 0.25) is 0 Å². The third-order valence-corrected chi connectivity index (χ3v) is 9.90. The summed E-state index contributed by atoms with van der Waals surface area (Å²) < 4.78 is 2.13. The average Bonchev–Trinajstić information content (AvgIpc) is 3.50. The predicted molar refractivity (Wildman–Crippen MR) is 217 cm³/mol. The smallest absolute Gasteiger partial charge is 0.148 e. The Balaban J connectivity index is 0.00000481. The summed E-state index contributed by atoms with van der Waals surface area (Å²) in [5, 5.41) is 11.0. The van der Waals surface area contributed by atoms with Crippen LogP contribution in [0.15, 0.2) is 121 Å². The number of aromatic nitrogens is 3. The van der Waals surface area contributed by atoms with Crippen LogP contribution in [0.2, 0.25) is 0 Å². The summed E-state index contributed by atoms with van der Waals surface area (Å²) >= 11 is 0. The van der Waals surface area contributed by atoms with Crippen LogP contribution in [0.5, 0.6) is 5.75 Å². The average molecular weight is 878 g/mol. The molecule has 0 unspecified atom stereocenters. The second-order valence-electron chi connectivity index (χ2n) is 17.0. The number of phenolic OH excluding ortho intramolecular Hbond substituents is 1. The van der Waals surface area contributed by atoms with Crippen molar-refractivity contribution in [3.63, 3.8) is 0 Å². The van der Waals surface area contributed by atoms with Gasteiger partial charge in [0, 0.05) is 38.6 Å². The molecule has 7 aromatic rings. The first kappa shape index (κ1) is 37.9. The summed E-state index contributed by atoms with van der Waals surface area (Å²) in [6, 6.07) is 43.5. The van der Waals surface area contributed by atoms with Crippen molar-refractivity contribution < 1.29 is 26.2 Å². The van der Waals surface area contributed by atoms with Crippen LogP contribution in [0, 0.1) is 6.07 Å². The molecule has 0 fully saturated rings. The number of pyridine rings is 1. The molecule has 4 nitrogen and oxygen atoms in total. The van der Waals surface area contributed by atoms with Crippen molar-refractivity contribution in [1.29, 1.82) is 0 Å². The van der Waals surface area contributed by atoms with Crippen molar-refractivity contribution in [1.82, 2.24) is 14.5 Å². The molecule has 2 aromatic heterocycles. The fourth-order valence-electron chi connectivity index (χ4n) is 6.70. The second-order valence-corrected chi connectivity index (χ2v) is 17.0. The van der Waals surface area contributed by atoms with E-state index < -0.39 is 0 Å². The van der Waals surface area contributed by atoms with Gasteiger partial charge in [0.1, 0.15) is 11.6 Å². The number of imidazole rings is 1. The first-order valence-electron chi connectivity index (χ1n) is 18.1. The summed E-state index contributed by atoms with van der Waals surface area (Å²) in [6.07, 6.45) is 1.92. The van der Waals surface area contributed by atoms with Crippen molar-refractivity contribution in [3.8, 4) is 56.3 Å². The monoisotopic (exact) mass is 877 g/mol. The molecule has 0 aliphatic carbocycles. The molecule has 1 N–H and O–H groups in total. The number of para-hydroxylation sites is 3. The standard InChI is InChI=1S/C48H48N3O.Pt/c1-46(2,3)35-27-33(24-34(28-35)41-29-31(22-23-49-41)32-25-36(47(4,5)6)30-37(26-32)48(7,8)9)39-19-15-20-42-44(39)50-45(40-18-13-14-21-43(40)52)51(42)38-16-11-10-12-17-38;/h10-23,25-30,52H,1-9H3;/q-1;. The Labute approximate surface area is 329 Å². The van der Waals surface area contributed by atoms with Crippen LogP contribution < -0.4 is 0 Å². The molecule has 5 aromatic carbocycles. The number of aromatic hydroxyl groups is 1. The Morgan fingerprint density at radius 3 is 1.79 bits per heavy atom. The van der Waals surface area contributed by atoms with Crippen LogP contribution in [-0.2, 0) is 37.3 Å². The van der Waals surface area contributed by atoms with E-state index in [-0.39, 0.29) is 43.1 Å². The van der Waals surface area contributed by atoms with E-state index in [0.29, 0.717) is 11.4 Å². The molecule has 0 amide bonds. The molecule has 0 saturated heterocycles. The zero-order chi connectivity index (χ0) is 37.0. The van der Waals surface area contributed by atoms with E-state index in [2.05, 4.69) is 146 Å². The number of fused-ring (bicyclic) bond motifs is 1. The number of hydrogen-bond donors (Lipinski definition) is 1. The van der Waals surface area contributed by atoms with E-state index in [9.17, 15) is 5.11 Å². The fourth-order valence-corrected chi connectivity index (χ4v) is 6.70. The van der Waals surface area contributed by atoms with E-state index in [1.54, 1.807) is 6.07 Å². The fraction of sp³-hybridized carbons (Fsp3) is 0.250. The van der Waals surface area contributed by atoms with Crippen LogP contribution in [0.4, 0.5) is 0 Å². The minimum absolute atomic E-state index is 0. The number of benzene rings is 5. The Morgan fingerprint density at radius 1 is 0.566 bits per heavy atom. The number of hydrogen-bond acceptors (Lipinski definition) is 3. The molecule has 2 heterocycles. The van der Waals surface area contributed by atoms with E-state index in [0.717, 1.165) is 44.7 Å². The molecule has 0 saturated carbocycles. The molecule has 0 aliphatic rings. The van der Waals surface area contributed by atoms with Gasteiger partial charge in [-0.05, 0) is 74.9 Å². The molecule has 272 valence electrons. The van der Waals surface area contributed by atoms with Crippen molar-refractivity contribution in [2.75, 3.05) is 0 Å². The van der Waals surface area contributed by atoms with Crippen LogP contribution in [-0.4, -0.2) is 19.6 Å². The Hall–Kier alpha value is -4.79. The maximum atomic E-state index is 11.0. The van der Waals surface area contributed by atoms with Crippen LogP contribution in [0.1, 0.15) is 79.0 Å². The van der Waals surface area contributed by atoms with E-state index in [1.165, 1.54) is 22.3 Å². The molecule has 0 aliphatic heterocycles. The predicted octanol–water partition coefficient (Wildman–Crippen LogP) is 12.5.